The molecular weight excluding hydrogens is 497 g/mol. The van der Waals surface area contributed by atoms with E-state index in [0.717, 1.165) is 24.0 Å². The SMILES string of the molecule is CC(C)(C)[S@@](=O)N(Cc1ccccc1)[C@H](c1ccccc1)[C@@H]1CCC(I)C(O)O1. The van der Waals surface area contributed by atoms with E-state index in [1.54, 1.807) is 0 Å². The van der Waals surface area contributed by atoms with Crippen molar-refractivity contribution in [3.63, 3.8) is 0 Å². The number of aliphatic hydroxyl groups is 1. The summed E-state index contributed by atoms with van der Waals surface area (Å²) >= 11 is 2.24. The predicted octanol–water partition coefficient (Wildman–Crippen LogP) is 4.99. The van der Waals surface area contributed by atoms with E-state index in [0.29, 0.717) is 6.54 Å². The van der Waals surface area contributed by atoms with Gasteiger partial charge in [0, 0.05) is 6.54 Å². The van der Waals surface area contributed by atoms with E-state index in [-0.39, 0.29) is 16.1 Å². The summed E-state index contributed by atoms with van der Waals surface area (Å²) in [5.41, 5.74) is 2.17. The van der Waals surface area contributed by atoms with Crippen molar-refractivity contribution >= 4 is 33.6 Å². The highest BCUT2D eigenvalue weighted by atomic mass is 127. The number of hydrogen-bond acceptors (Lipinski definition) is 3. The van der Waals surface area contributed by atoms with Crippen LogP contribution < -0.4 is 0 Å². The standard InChI is InChI=1S/C23H30INO3S/c1-23(2,3)29(27)25(16-17-10-6-4-7-11-17)21(18-12-8-5-9-13-18)20-15-14-19(24)22(26)28-20/h4-13,19-22,26H,14-16H2,1-3H3/t19?,20-,21+,22?,29+/m0/s1. The van der Waals surface area contributed by atoms with E-state index in [1.807, 2.05) is 57.2 Å². The number of aliphatic hydroxyl groups excluding tert-OH is 1. The Bertz CT molecular complexity index is 797. The number of halogens is 1. The predicted molar refractivity (Wildman–Crippen MR) is 127 cm³/mol. The van der Waals surface area contributed by atoms with Crippen LogP contribution in [0.3, 0.4) is 0 Å². The molecule has 2 aromatic carbocycles. The summed E-state index contributed by atoms with van der Waals surface area (Å²) in [7, 11) is -1.26. The molecule has 0 aromatic heterocycles. The summed E-state index contributed by atoms with van der Waals surface area (Å²) in [5, 5.41) is 10.4. The first-order valence-electron chi connectivity index (χ1n) is 10.0. The van der Waals surface area contributed by atoms with Crippen LogP contribution in [0.2, 0.25) is 0 Å². The number of rotatable bonds is 6. The molecule has 1 saturated heterocycles. The van der Waals surface area contributed by atoms with Crippen molar-refractivity contribution in [3.8, 4) is 0 Å². The molecule has 1 heterocycles. The monoisotopic (exact) mass is 527 g/mol. The average molecular weight is 527 g/mol. The molecule has 0 amide bonds. The number of nitrogens with zero attached hydrogens (tertiary/aromatic N) is 1. The highest BCUT2D eigenvalue weighted by Crippen LogP contribution is 2.38. The molecule has 1 aliphatic heterocycles. The minimum atomic E-state index is -1.26. The number of hydrogen-bond donors (Lipinski definition) is 1. The first kappa shape index (κ1) is 22.9. The third-order valence-electron chi connectivity index (χ3n) is 5.07. The molecule has 4 nitrogen and oxygen atoms in total. The van der Waals surface area contributed by atoms with Crippen molar-refractivity contribution in [2.75, 3.05) is 0 Å². The fourth-order valence-corrected chi connectivity index (χ4v) is 5.59. The van der Waals surface area contributed by atoms with Gasteiger partial charge in [-0.1, -0.05) is 83.3 Å². The van der Waals surface area contributed by atoms with Crippen molar-refractivity contribution in [2.45, 2.75) is 67.3 Å². The molecule has 1 fully saturated rings. The topological polar surface area (TPSA) is 49.8 Å². The molecule has 0 saturated carbocycles. The zero-order chi connectivity index (χ0) is 21.0. The molecule has 6 heteroatoms. The van der Waals surface area contributed by atoms with Gasteiger partial charge >= 0.3 is 0 Å². The number of ether oxygens (including phenoxy) is 1. The van der Waals surface area contributed by atoms with Gasteiger partial charge in [0.2, 0.25) is 0 Å². The molecule has 0 bridgehead atoms. The maximum absolute atomic E-state index is 13.7. The lowest BCUT2D eigenvalue weighted by molar-refractivity contribution is -0.170. The highest BCUT2D eigenvalue weighted by Gasteiger charge is 2.40. The molecule has 1 aliphatic rings. The fraction of sp³-hybridized carbons (Fsp3) is 0.478. The molecular formula is C23H30INO3S. The van der Waals surface area contributed by atoms with Crippen molar-refractivity contribution in [2.24, 2.45) is 0 Å². The Kier molecular flexibility index (Phi) is 7.89. The van der Waals surface area contributed by atoms with Crippen LogP contribution in [0, 0.1) is 0 Å². The fourth-order valence-electron chi connectivity index (χ4n) is 3.62. The Labute approximate surface area is 190 Å². The quantitative estimate of drug-likeness (QED) is 0.426. The highest BCUT2D eigenvalue weighted by molar-refractivity contribution is 14.1. The molecule has 2 aromatic rings. The maximum Gasteiger partial charge on any atom is 0.166 e. The van der Waals surface area contributed by atoms with Crippen LogP contribution in [0.25, 0.3) is 0 Å². The summed E-state index contributed by atoms with van der Waals surface area (Å²) < 4.78 is 21.5. The van der Waals surface area contributed by atoms with E-state index >= 15 is 0 Å². The third kappa shape index (κ3) is 5.88. The second kappa shape index (κ2) is 10.0. The summed E-state index contributed by atoms with van der Waals surface area (Å²) in [4.78, 5) is 0. The Balaban J connectivity index is 2.03. The third-order valence-corrected chi connectivity index (χ3v) is 8.14. The minimum absolute atomic E-state index is 0.0796. The Morgan fingerprint density at radius 3 is 2.24 bits per heavy atom. The molecule has 29 heavy (non-hydrogen) atoms. The van der Waals surface area contributed by atoms with Crippen molar-refractivity contribution in [3.05, 3.63) is 71.8 Å². The van der Waals surface area contributed by atoms with Crippen LogP contribution >= 0.6 is 22.6 Å². The normalized spacial score (nSPS) is 25.0. The van der Waals surface area contributed by atoms with E-state index in [9.17, 15) is 9.32 Å². The molecule has 158 valence electrons. The second-order valence-electron chi connectivity index (χ2n) is 8.44. The summed E-state index contributed by atoms with van der Waals surface area (Å²) in [6, 6.07) is 20.0. The van der Waals surface area contributed by atoms with Crippen LogP contribution in [0.4, 0.5) is 0 Å². The van der Waals surface area contributed by atoms with E-state index < -0.39 is 22.0 Å². The lowest BCUT2D eigenvalue weighted by atomic mass is 9.95. The largest absolute Gasteiger partial charge is 0.367 e. The lowest BCUT2D eigenvalue weighted by Gasteiger charge is -2.42. The van der Waals surface area contributed by atoms with Gasteiger partial charge in [0.15, 0.2) is 6.29 Å². The average Bonchev–Trinajstić information content (AvgIpc) is 2.70. The zero-order valence-corrected chi connectivity index (χ0v) is 20.2. The van der Waals surface area contributed by atoms with Crippen LogP contribution in [-0.4, -0.2) is 34.7 Å². The van der Waals surface area contributed by atoms with E-state index in [1.165, 1.54) is 0 Å². The summed E-state index contributed by atoms with van der Waals surface area (Å²) in [6.07, 6.45) is 0.657. The van der Waals surface area contributed by atoms with Gasteiger partial charge in [0.1, 0.15) is 11.0 Å². The van der Waals surface area contributed by atoms with Crippen LogP contribution in [0.1, 0.15) is 50.8 Å². The number of benzene rings is 2. The minimum Gasteiger partial charge on any atom is -0.367 e. The summed E-state index contributed by atoms with van der Waals surface area (Å²) in [6.45, 7) is 6.55. The maximum atomic E-state index is 13.7. The zero-order valence-electron chi connectivity index (χ0n) is 17.2. The second-order valence-corrected chi connectivity index (χ2v) is 12.2. The van der Waals surface area contributed by atoms with Crippen LogP contribution in [0.5, 0.6) is 0 Å². The molecule has 0 spiro atoms. The molecule has 3 rings (SSSR count). The van der Waals surface area contributed by atoms with Gasteiger partial charge in [-0.25, -0.2) is 8.51 Å². The number of alkyl halides is 1. The molecule has 5 atom stereocenters. The molecule has 2 unspecified atom stereocenters. The van der Waals surface area contributed by atoms with Gasteiger partial charge in [-0.2, -0.15) is 0 Å². The lowest BCUT2D eigenvalue weighted by Crippen LogP contribution is -2.47. The van der Waals surface area contributed by atoms with E-state index in [4.69, 9.17) is 4.74 Å². The first-order valence-corrected chi connectivity index (χ1v) is 12.4. The molecule has 0 radical (unpaired) electrons. The Hall–Kier alpha value is -0.800. The van der Waals surface area contributed by atoms with Crippen LogP contribution in [0.15, 0.2) is 60.7 Å². The van der Waals surface area contributed by atoms with Crippen LogP contribution in [-0.2, 0) is 22.3 Å². The first-order chi connectivity index (χ1) is 13.8. The smallest absolute Gasteiger partial charge is 0.166 e. The van der Waals surface area contributed by atoms with Gasteiger partial charge in [-0.3, -0.25) is 0 Å². The van der Waals surface area contributed by atoms with Crippen molar-refractivity contribution in [1.82, 2.24) is 4.31 Å². The van der Waals surface area contributed by atoms with Gasteiger partial charge < -0.3 is 9.84 Å². The van der Waals surface area contributed by atoms with Gasteiger partial charge in [-0.05, 0) is 44.7 Å². The van der Waals surface area contributed by atoms with Gasteiger partial charge in [0.25, 0.3) is 0 Å². The Morgan fingerprint density at radius 2 is 1.69 bits per heavy atom. The molecule has 1 N–H and O–H groups in total. The van der Waals surface area contributed by atoms with E-state index in [2.05, 4.69) is 51.2 Å². The molecule has 0 aliphatic carbocycles. The summed E-state index contributed by atoms with van der Waals surface area (Å²) in [5.74, 6) is 0. The Morgan fingerprint density at radius 1 is 1.10 bits per heavy atom. The van der Waals surface area contributed by atoms with Crippen molar-refractivity contribution in [1.29, 1.82) is 0 Å². The van der Waals surface area contributed by atoms with Gasteiger partial charge in [-0.15, -0.1) is 0 Å². The van der Waals surface area contributed by atoms with Crippen molar-refractivity contribution < 1.29 is 14.1 Å². The van der Waals surface area contributed by atoms with Gasteiger partial charge in [0.05, 0.1) is 20.8 Å².